The Kier molecular flexibility index (Phi) is 2.62. The lowest BCUT2D eigenvalue weighted by molar-refractivity contribution is 0.571. The van der Waals surface area contributed by atoms with Gasteiger partial charge in [0.05, 0.1) is 6.20 Å². The Balaban J connectivity index is 2.56. The highest BCUT2D eigenvalue weighted by Gasteiger charge is 2.15. The van der Waals surface area contributed by atoms with Crippen molar-refractivity contribution in [3.8, 4) is 11.1 Å². The molecule has 0 saturated carbocycles. The lowest BCUT2D eigenvalue weighted by atomic mass is 10.1. The van der Waals surface area contributed by atoms with Gasteiger partial charge in [-0.15, -0.1) is 0 Å². The molecule has 0 saturated heterocycles. The fourth-order valence-corrected chi connectivity index (χ4v) is 2.22. The number of hydrogen-bond acceptors (Lipinski definition) is 4. The van der Waals surface area contributed by atoms with E-state index in [1.54, 1.807) is 0 Å². The summed E-state index contributed by atoms with van der Waals surface area (Å²) in [6, 6.07) is 3.82. The summed E-state index contributed by atoms with van der Waals surface area (Å²) >= 11 is 0. The molecule has 0 radical (unpaired) electrons. The van der Waals surface area contributed by atoms with Crippen molar-refractivity contribution >= 4 is 15.7 Å². The topological polar surface area (TPSA) is 88.8 Å². The molecule has 0 aliphatic heterocycles. The first-order valence-electron chi connectivity index (χ1n) is 4.68. The number of nitrogens with zero attached hydrogens (tertiary/aromatic N) is 1. The van der Waals surface area contributed by atoms with Gasteiger partial charge in [0.2, 0.25) is 0 Å². The number of sulfone groups is 1. The average molecular weight is 255 g/mol. The molecule has 3 N–H and O–H groups in total. The molecule has 0 aliphatic carbocycles. The van der Waals surface area contributed by atoms with E-state index in [1.165, 1.54) is 18.3 Å². The fraction of sp³-hybridized carbons (Fsp3) is 0.100. The van der Waals surface area contributed by atoms with Crippen LogP contribution in [0.2, 0.25) is 0 Å². The first-order chi connectivity index (χ1) is 7.89. The summed E-state index contributed by atoms with van der Waals surface area (Å²) in [7, 11) is -3.56. The Labute approximate surface area is 97.4 Å². The zero-order chi connectivity index (χ0) is 12.6. The number of hydrogen-bond donors (Lipinski definition) is 2. The van der Waals surface area contributed by atoms with Gasteiger partial charge in [-0.1, -0.05) is 6.07 Å². The van der Waals surface area contributed by atoms with E-state index in [2.05, 4.69) is 10.2 Å². The third-order valence-corrected chi connectivity index (χ3v) is 3.44. The van der Waals surface area contributed by atoms with Gasteiger partial charge in [-0.3, -0.25) is 5.10 Å². The Morgan fingerprint density at radius 3 is 2.59 bits per heavy atom. The van der Waals surface area contributed by atoms with Gasteiger partial charge in [-0.25, -0.2) is 12.8 Å². The van der Waals surface area contributed by atoms with Gasteiger partial charge in [0, 0.05) is 11.8 Å². The minimum Gasteiger partial charge on any atom is -0.384 e. The quantitative estimate of drug-likeness (QED) is 0.843. The summed E-state index contributed by atoms with van der Waals surface area (Å²) in [5.74, 6) is -0.498. The van der Waals surface area contributed by atoms with Crippen molar-refractivity contribution in [1.29, 1.82) is 0 Å². The lowest BCUT2D eigenvalue weighted by Crippen LogP contribution is -2.00. The SMILES string of the molecule is CS(=O)(=O)c1ccc(-c2cn[nH]c2N)cc1F. The number of H-pyrrole nitrogens is 1. The molecule has 0 amide bonds. The molecule has 5 nitrogen and oxygen atoms in total. The van der Waals surface area contributed by atoms with Crippen LogP contribution in [0.25, 0.3) is 11.1 Å². The molecular formula is C10H10FN3O2S. The molecule has 17 heavy (non-hydrogen) atoms. The number of aromatic nitrogens is 2. The highest BCUT2D eigenvalue weighted by atomic mass is 32.2. The summed E-state index contributed by atoms with van der Waals surface area (Å²) in [6.45, 7) is 0. The second-order valence-electron chi connectivity index (χ2n) is 3.61. The molecule has 0 aliphatic rings. The second-order valence-corrected chi connectivity index (χ2v) is 5.60. The van der Waals surface area contributed by atoms with E-state index in [4.69, 9.17) is 5.73 Å². The maximum atomic E-state index is 13.6. The monoisotopic (exact) mass is 255 g/mol. The average Bonchev–Trinajstić information content (AvgIpc) is 2.62. The van der Waals surface area contributed by atoms with Crippen LogP contribution in [-0.2, 0) is 9.84 Å². The maximum absolute atomic E-state index is 13.6. The van der Waals surface area contributed by atoms with Crippen LogP contribution in [0.4, 0.5) is 10.2 Å². The van der Waals surface area contributed by atoms with E-state index in [0.717, 1.165) is 12.3 Å². The van der Waals surface area contributed by atoms with E-state index in [-0.39, 0.29) is 4.90 Å². The van der Waals surface area contributed by atoms with Crippen LogP contribution in [-0.4, -0.2) is 24.9 Å². The van der Waals surface area contributed by atoms with E-state index in [1.807, 2.05) is 0 Å². The van der Waals surface area contributed by atoms with Crippen LogP contribution in [0.3, 0.4) is 0 Å². The van der Waals surface area contributed by atoms with Crippen molar-refractivity contribution in [1.82, 2.24) is 10.2 Å². The molecule has 0 spiro atoms. The molecule has 7 heteroatoms. The first-order valence-corrected chi connectivity index (χ1v) is 6.57. The number of aromatic amines is 1. The standard InChI is InChI=1S/C10H10FN3O2S/c1-17(15,16)9-3-2-6(4-8(9)11)7-5-13-14-10(7)12/h2-5H,1H3,(H3,12,13,14). The molecule has 90 valence electrons. The van der Waals surface area contributed by atoms with Crippen molar-refractivity contribution in [2.75, 3.05) is 12.0 Å². The summed E-state index contributed by atoms with van der Waals surface area (Å²) in [5.41, 5.74) is 6.59. The Morgan fingerprint density at radius 1 is 1.41 bits per heavy atom. The zero-order valence-corrected chi connectivity index (χ0v) is 9.75. The van der Waals surface area contributed by atoms with Crippen molar-refractivity contribution in [3.05, 3.63) is 30.2 Å². The van der Waals surface area contributed by atoms with Crippen LogP contribution in [0, 0.1) is 5.82 Å². The summed E-state index contributed by atoms with van der Waals surface area (Å²) in [5, 5.41) is 6.23. The van der Waals surface area contributed by atoms with Crippen LogP contribution >= 0.6 is 0 Å². The number of benzene rings is 1. The molecule has 0 fully saturated rings. The molecule has 2 rings (SSSR count). The normalized spacial score (nSPS) is 11.6. The lowest BCUT2D eigenvalue weighted by Gasteiger charge is -2.03. The van der Waals surface area contributed by atoms with Gasteiger partial charge in [0.15, 0.2) is 9.84 Å². The number of rotatable bonds is 2. The van der Waals surface area contributed by atoms with Crippen LogP contribution in [0.1, 0.15) is 0 Å². The van der Waals surface area contributed by atoms with Crippen molar-refractivity contribution in [3.63, 3.8) is 0 Å². The number of nitrogens with two attached hydrogens (primary N) is 1. The molecule has 1 aromatic heterocycles. The van der Waals surface area contributed by atoms with E-state index < -0.39 is 15.7 Å². The molecular weight excluding hydrogens is 245 g/mol. The van der Waals surface area contributed by atoms with E-state index in [0.29, 0.717) is 16.9 Å². The van der Waals surface area contributed by atoms with Crippen molar-refractivity contribution in [2.45, 2.75) is 4.90 Å². The highest BCUT2D eigenvalue weighted by Crippen LogP contribution is 2.26. The van der Waals surface area contributed by atoms with Crippen LogP contribution in [0.15, 0.2) is 29.3 Å². The molecule has 2 aromatic rings. The number of anilines is 1. The fourth-order valence-electron chi connectivity index (χ4n) is 1.50. The molecule has 0 unspecified atom stereocenters. The van der Waals surface area contributed by atoms with E-state index in [9.17, 15) is 12.8 Å². The smallest absolute Gasteiger partial charge is 0.178 e. The zero-order valence-electron chi connectivity index (χ0n) is 8.94. The van der Waals surface area contributed by atoms with Gasteiger partial charge in [0.25, 0.3) is 0 Å². The third kappa shape index (κ3) is 2.14. The van der Waals surface area contributed by atoms with Crippen LogP contribution in [0.5, 0.6) is 0 Å². The van der Waals surface area contributed by atoms with Gasteiger partial charge >= 0.3 is 0 Å². The predicted octanol–water partition coefficient (Wildman–Crippen LogP) is 1.20. The van der Waals surface area contributed by atoms with Gasteiger partial charge < -0.3 is 5.73 Å². The third-order valence-electron chi connectivity index (χ3n) is 2.31. The summed E-state index contributed by atoms with van der Waals surface area (Å²) in [6.07, 6.45) is 2.40. The Bertz CT molecular complexity index is 664. The van der Waals surface area contributed by atoms with Crippen LogP contribution < -0.4 is 5.73 Å². The summed E-state index contributed by atoms with van der Waals surface area (Å²) in [4.78, 5) is -0.330. The van der Waals surface area contributed by atoms with Gasteiger partial charge in [-0.2, -0.15) is 5.10 Å². The molecule has 0 bridgehead atoms. The minimum absolute atomic E-state index is 0.302. The molecule has 0 atom stereocenters. The Hall–Kier alpha value is -1.89. The highest BCUT2D eigenvalue weighted by molar-refractivity contribution is 7.90. The molecule has 1 heterocycles. The largest absolute Gasteiger partial charge is 0.384 e. The van der Waals surface area contributed by atoms with Crippen molar-refractivity contribution in [2.24, 2.45) is 0 Å². The number of nitrogens with one attached hydrogen (secondary N) is 1. The van der Waals surface area contributed by atoms with Gasteiger partial charge in [0.1, 0.15) is 16.5 Å². The second kappa shape index (κ2) is 3.85. The number of nitrogen functional groups attached to an aromatic ring is 1. The Morgan fingerprint density at radius 2 is 2.12 bits per heavy atom. The predicted molar refractivity (Wildman–Crippen MR) is 61.5 cm³/mol. The van der Waals surface area contributed by atoms with Gasteiger partial charge in [-0.05, 0) is 17.7 Å². The van der Waals surface area contributed by atoms with E-state index >= 15 is 0 Å². The maximum Gasteiger partial charge on any atom is 0.178 e. The first kappa shape index (κ1) is 11.6. The number of halogens is 1. The molecule has 1 aromatic carbocycles. The minimum atomic E-state index is -3.56. The summed E-state index contributed by atoms with van der Waals surface area (Å²) < 4.78 is 36.1. The van der Waals surface area contributed by atoms with Crippen molar-refractivity contribution < 1.29 is 12.8 Å².